The minimum atomic E-state index is -1.19. The second-order valence-corrected chi connectivity index (χ2v) is 20.2. The van der Waals surface area contributed by atoms with E-state index in [1.54, 1.807) is 24.3 Å². The Morgan fingerprint density at radius 1 is 0.653 bits per heavy atom. The fourth-order valence-corrected chi connectivity index (χ4v) is 11.0. The summed E-state index contributed by atoms with van der Waals surface area (Å²) in [5.74, 6) is -2.83. The van der Waals surface area contributed by atoms with Gasteiger partial charge in [-0.1, -0.05) is 70.7 Å². The van der Waals surface area contributed by atoms with Crippen molar-refractivity contribution in [2.45, 2.75) is 88.4 Å². The SMILES string of the molecule is CN(C(=O)Cc1ccc(Cl)c(Cl)c1)C1c2cc(N)ccc2CCC1N1CCCC1.CN(C(=O)Cc1ccc(Cl)c(Cl)c1)C1c2cc(NC(=O)/C=C\C(=O)O)ccc2CCC1N1CCCC1.O=C1C=CC(=O)O1. The quantitative estimate of drug-likeness (QED) is 0.0564. The van der Waals surface area contributed by atoms with Crippen LogP contribution < -0.4 is 11.1 Å². The fourth-order valence-electron chi connectivity index (χ4n) is 10.3. The van der Waals surface area contributed by atoms with Gasteiger partial charge in [0, 0.05) is 61.9 Å². The average Bonchev–Trinajstić information content (AvgIpc) is 4.17. The highest BCUT2D eigenvalue weighted by atomic mass is 35.5. The Bertz CT molecular complexity index is 2740. The van der Waals surface area contributed by atoms with Crippen LogP contribution in [0.1, 0.15) is 84.0 Å². The number of ether oxygens (including phenoxy) is 1. The van der Waals surface area contributed by atoms with Crippen LogP contribution in [0.5, 0.6) is 0 Å². The third-order valence-corrected chi connectivity index (χ3v) is 15.3. The van der Waals surface area contributed by atoms with Gasteiger partial charge in [-0.2, -0.15) is 0 Å². The topological polar surface area (TPSA) is 183 Å². The molecule has 3 amide bonds. The largest absolute Gasteiger partial charge is 0.478 e. The van der Waals surface area contributed by atoms with Gasteiger partial charge in [0.25, 0.3) is 0 Å². The number of nitrogens with one attached hydrogen (secondary N) is 1. The van der Waals surface area contributed by atoms with Crippen LogP contribution in [0.2, 0.25) is 20.1 Å². The number of cyclic esters (lactones) is 2. The zero-order chi connectivity index (χ0) is 51.6. The molecule has 9 rings (SSSR count). The van der Waals surface area contributed by atoms with Crippen molar-refractivity contribution in [3.8, 4) is 0 Å². The Balaban J connectivity index is 0.000000189. The molecule has 0 spiro atoms. The van der Waals surface area contributed by atoms with Crippen molar-refractivity contribution >= 4 is 93.4 Å². The molecular formula is C54H58Cl4N6O8. The van der Waals surface area contributed by atoms with Gasteiger partial charge < -0.3 is 30.7 Å². The summed E-state index contributed by atoms with van der Waals surface area (Å²) < 4.78 is 3.97. The number of likely N-dealkylation sites (tertiary alicyclic amines) is 2. The number of nitrogen functional groups attached to an aromatic ring is 1. The van der Waals surface area contributed by atoms with Gasteiger partial charge in [-0.3, -0.25) is 24.2 Å². The van der Waals surface area contributed by atoms with E-state index in [4.69, 9.17) is 57.2 Å². The second kappa shape index (κ2) is 24.8. The number of carboxylic acids is 1. The summed E-state index contributed by atoms with van der Waals surface area (Å²) in [4.78, 5) is 78.3. The van der Waals surface area contributed by atoms with Crippen molar-refractivity contribution in [1.82, 2.24) is 19.6 Å². The second-order valence-electron chi connectivity index (χ2n) is 18.6. The maximum atomic E-state index is 13.5. The first-order valence-corrected chi connectivity index (χ1v) is 25.5. The predicted molar refractivity (Wildman–Crippen MR) is 280 cm³/mol. The van der Waals surface area contributed by atoms with Crippen LogP contribution >= 0.6 is 46.4 Å². The molecule has 18 heteroatoms. The van der Waals surface area contributed by atoms with E-state index >= 15 is 0 Å². The molecule has 0 saturated carbocycles. The molecule has 2 fully saturated rings. The van der Waals surface area contributed by atoms with Crippen LogP contribution in [-0.2, 0) is 59.2 Å². The number of carbonyl (C=O) groups excluding carboxylic acids is 5. The van der Waals surface area contributed by atoms with Crippen molar-refractivity contribution in [3.05, 3.63) is 151 Å². The van der Waals surface area contributed by atoms with Gasteiger partial charge in [0.2, 0.25) is 17.7 Å². The number of anilines is 2. The van der Waals surface area contributed by atoms with Gasteiger partial charge >= 0.3 is 17.9 Å². The summed E-state index contributed by atoms with van der Waals surface area (Å²) in [6.45, 7) is 4.21. The van der Waals surface area contributed by atoms with Crippen LogP contribution in [0, 0.1) is 0 Å². The maximum Gasteiger partial charge on any atom is 0.338 e. The molecule has 4 N–H and O–H groups in total. The van der Waals surface area contributed by atoms with Crippen LogP contribution in [0.3, 0.4) is 0 Å². The van der Waals surface area contributed by atoms with E-state index in [2.05, 4.69) is 32.0 Å². The molecule has 4 aromatic rings. The number of aryl methyl sites for hydroxylation is 2. The number of aliphatic carboxylic acids is 1. The summed E-state index contributed by atoms with van der Waals surface area (Å²) >= 11 is 24.4. The number of likely N-dealkylation sites (N-methyl/N-ethyl adjacent to an activating group) is 2. The fraction of sp³-hybridized carbons (Fsp3) is 0.370. The van der Waals surface area contributed by atoms with Crippen molar-refractivity contribution in [1.29, 1.82) is 0 Å². The maximum absolute atomic E-state index is 13.5. The molecule has 0 radical (unpaired) electrons. The Hall–Kier alpha value is -5.74. The van der Waals surface area contributed by atoms with Crippen molar-refractivity contribution in [3.63, 3.8) is 0 Å². The number of carboxylic acid groups (broad SMARTS) is 1. The van der Waals surface area contributed by atoms with Crippen LogP contribution in [-0.4, -0.2) is 113 Å². The standard InChI is InChI=1S/C27H29Cl2N3O4.C23H27Cl2N3O.C4H2O3/c1-31(25(34)15-17-4-8-21(28)22(29)14-17)27-20-16-19(30-24(33)10-11-26(35)36)7-5-18(20)6-9-23(27)32-12-2-3-13-32;1-27(22(29)13-15-4-8-19(24)20(25)12-15)23-18-14-17(26)7-5-16(18)6-9-21(23)28-10-2-3-11-28;5-3-1-2-4(6)7-3/h4-5,7-8,10-11,14,16,23,27H,2-3,6,9,12-13,15H2,1H3,(H,30,33)(H,35,36);4-5,7-8,12,14,21,23H,2-3,6,9-11,13,26H2,1H3;1-2H/b11-10-;;. The third-order valence-electron chi connectivity index (χ3n) is 13.8. The smallest absolute Gasteiger partial charge is 0.338 e. The van der Waals surface area contributed by atoms with Crippen LogP contribution in [0.25, 0.3) is 0 Å². The summed E-state index contributed by atoms with van der Waals surface area (Å²) in [6.07, 6.45) is 13.1. The number of halogens is 4. The lowest BCUT2D eigenvalue weighted by molar-refractivity contribution is -0.150. The molecule has 380 valence electrons. The number of hydrogen-bond acceptors (Lipinski definition) is 10. The first kappa shape index (κ1) is 54.0. The van der Waals surface area contributed by atoms with Gasteiger partial charge in [0.15, 0.2) is 0 Å². The minimum Gasteiger partial charge on any atom is -0.478 e. The third kappa shape index (κ3) is 13.9. The molecule has 5 aliphatic rings. The van der Waals surface area contributed by atoms with E-state index in [9.17, 15) is 28.8 Å². The number of fused-ring (bicyclic) bond motifs is 2. The first-order chi connectivity index (χ1) is 34.4. The number of esters is 2. The molecule has 72 heavy (non-hydrogen) atoms. The molecule has 0 bridgehead atoms. The highest BCUT2D eigenvalue weighted by molar-refractivity contribution is 6.42. The normalized spacial score (nSPS) is 20.4. The van der Waals surface area contributed by atoms with Crippen molar-refractivity contribution in [2.75, 3.05) is 51.3 Å². The monoisotopic (exact) mass is 1060 g/mol. The molecule has 14 nitrogen and oxygen atoms in total. The zero-order valence-electron chi connectivity index (χ0n) is 40.1. The summed E-state index contributed by atoms with van der Waals surface area (Å²) in [5, 5.41) is 13.4. The molecule has 3 heterocycles. The lowest BCUT2D eigenvalue weighted by atomic mass is 9.82. The van der Waals surface area contributed by atoms with Crippen molar-refractivity contribution in [2.24, 2.45) is 0 Å². The average molecular weight is 1060 g/mol. The molecule has 0 aromatic heterocycles. The van der Waals surface area contributed by atoms with E-state index in [0.29, 0.717) is 38.2 Å². The summed E-state index contributed by atoms with van der Waals surface area (Å²) in [7, 11) is 3.76. The number of amides is 3. The molecule has 2 aliphatic carbocycles. The Morgan fingerprint density at radius 2 is 1.11 bits per heavy atom. The number of hydrogen-bond donors (Lipinski definition) is 3. The molecule has 3 aliphatic heterocycles. The molecule has 2 saturated heterocycles. The van der Waals surface area contributed by atoms with E-state index < -0.39 is 23.8 Å². The van der Waals surface area contributed by atoms with Gasteiger partial charge in [-0.15, -0.1) is 0 Å². The highest BCUT2D eigenvalue weighted by Gasteiger charge is 2.40. The van der Waals surface area contributed by atoms with Gasteiger partial charge in [0.05, 0.1) is 45.0 Å². The Morgan fingerprint density at radius 3 is 1.54 bits per heavy atom. The van der Waals surface area contributed by atoms with E-state index in [1.807, 2.05) is 60.3 Å². The lowest BCUT2D eigenvalue weighted by Gasteiger charge is -2.43. The van der Waals surface area contributed by atoms with Gasteiger partial charge in [-0.05, 0) is 159 Å². The summed E-state index contributed by atoms with van der Waals surface area (Å²) in [5.41, 5.74) is 13.7. The first-order valence-electron chi connectivity index (χ1n) is 24.0. The van der Waals surface area contributed by atoms with Crippen LogP contribution in [0.15, 0.2) is 97.1 Å². The number of nitrogens with zero attached hydrogens (tertiary/aromatic N) is 4. The number of nitrogens with two attached hydrogens (primary N) is 1. The molecular weight excluding hydrogens is 1000 g/mol. The molecule has 4 aromatic carbocycles. The van der Waals surface area contributed by atoms with Crippen LogP contribution in [0.4, 0.5) is 11.4 Å². The molecule has 4 atom stereocenters. The summed E-state index contributed by atoms with van der Waals surface area (Å²) in [6, 6.07) is 22.8. The lowest BCUT2D eigenvalue weighted by Crippen LogP contribution is -2.48. The van der Waals surface area contributed by atoms with E-state index in [0.717, 1.165) is 117 Å². The molecule has 4 unspecified atom stereocenters. The zero-order valence-corrected chi connectivity index (χ0v) is 43.2. The highest BCUT2D eigenvalue weighted by Crippen LogP contribution is 2.41. The minimum absolute atomic E-state index is 0.00984. The van der Waals surface area contributed by atoms with Gasteiger partial charge in [-0.25, -0.2) is 14.4 Å². The Labute approximate surface area is 439 Å². The van der Waals surface area contributed by atoms with Crippen molar-refractivity contribution < 1.29 is 38.6 Å². The number of rotatable bonds is 11. The number of benzene rings is 4. The predicted octanol–water partition coefficient (Wildman–Crippen LogP) is 9.08. The van der Waals surface area contributed by atoms with E-state index in [1.165, 1.54) is 24.0 Å². The van der Waals surface area contributed by atoms with E-state index in [-0.39, 0.29) is 36.4 Å². The number of carbonyl (C=O) groups is 6. The van der Waals surface area contributed by atoms with Gasteiger partial charge in [0.1, 0.15) is 0 Å². The Kier molecular flexibility index (Phi) is 18.6.